The summed E-state index contributed by atoms with van der Waals surface area (Å²) in [6.45, 7) is 11.6. The molecule has 0 heterocycles. The zero-order valence-electron chi connectivity index (χ0n) is 9.27. The summed E-state index contributed by atoms with van der Waals surface area (Å²) < 4.78 is 0. The normalized spacial score (nSPS) is 10.0. The number of hydrogen-bond acceptors (Lipinski definition) is 1. The van der Waals surface area contributed by atoms with Crippen molar-refractivity contribution in [1.29, 1.82) is 0 Å². The van der Waals surface area contributed by atoms with Crippen LogP contribution in [0.5, 0.6) is 0 Å². The van der Waals surface area contributed by atoms with E-state index in [2.05, 4.69) is 12.6 Å². The molecule has 1 aromatic carbocycles. The minimum absolute atomic E-state index is 0.0202. The van der Waals surface area contributed by atoms with Crippen LogP contribution in [0.15, 0.2) is 18.7 Å². The van der Waals surface area contributed by atoms with Crippen LogP contribution in [0.4, 0.5) is 0 Å². The number of allylic oxidation sites excluding steroid dienone is 1. The van der Waals surface area contributed by atoms with Gasteiger partial charge in [0.15, 0.2) is 5.78 Å². The van der Waals surface area contributed by atoms with Crippen LogP contribution in [-0.4, -0.2) is 5.78 Å². The molecule has 0 bridgehead atoms. The monoisotopic (exact) mass is 188 g/mol. The Bertz CT molecular complexity index is 374. The predicted molar refractivity (Wildman–Crippen MR) is 59.9 cm³/mol. The van der Waals surface area contributed by atoms with E-state index in [0.29, 0.717) is 0 Å². The Morgan fingerprint density at radius 2 is 1.57 bits per heavy atom. The second kappa shape index (κ2) is 3.79. The largest absolute Gasteiger partial charge is 0.289 e. The topological polar surface area (TPSA) is 17.1 Å². The van der Waals surface area contributed by atoms with Crippen LogP contribution in [-0.2, 0) is 0 Å². The van der Waals surface area contributed by atoms with Crippen molar-refractivity contribution in [3.05, 3.63) is 46.5 Å². The van der Waals surface area contributed by atoms with Crippen LogP contribution < -0.4 is 0 Å². The van der Waals surface area contributed by atoms with Gasteiger partial charge in [0.1, 0.15) is 0 Å². The minimum atomic E-state index is 0.0202. The van der Waals surface area contributed by atoms with Crippen molar-refractivity contribution in [3.63, 3.8) is 0 Å². The van der Waals surface area contributed by atoms with E-state index in [1.807, 2.05) is 27.7 Å². The highest BCUT2D eigenvalue weighted by Crippen LogP contribution is 2.22. The maximum Gasteiger partial charge on any atom is 0.185 e. The zero-order valence-corrected chi connectivity index (χ0v) is 9.27. The standard InChI is InChI=1S/C13H16O/c1-6-12(14)13-10(4)8(2)7-9(3)11(13)5/h6-7H,1H2,2-5H3. The Balaban J connectivity index is 3.54. The molecular weight excluding hydrogens is 172 g/mol. The van der Waals surface area contributed by atoms with E-state index in [9.17, 15) is 4.79 Å². The second-order valence-corrected chi connectivity index (χ2v) is 3.70. The van der Waals surface area contributed by atoms with Crippen LogP contribution in [0.25, 0.3) is 0 Å². The van der Waals surface area contributed by atoms with Gasteiger partial charge in [-0.15, -0.1) is 0 Å². The lowest BCUT2D eigenvalue weighted by Gasteiger charge is -2.12. The maximum atomic E-state index is 11.6. The van der Waals surface area contributed by atoms with Crippen LogP contribution in [0.3, 0.4) is 0 Å². The molecule has 0 fully saturated rings. The third-order valence-electron chi connectivity index (χ3n) is 2.80. The Labute approximate surface area is 85.5 Å². The smallest absolute Gasteiger partial charge is 0.185 e. The SMILES string of the molecule is C=CC(=O)c1c(C)c(C)cc(C)c1C. The van der Waals surface area contributed by atoms with Crippen LogP contribution >= 0.6 is 0 Å². The summed E-state index contributed by atoms with van der Waals surface area (Å²) in [6, 6.07) is 2.12. The summed E-state index contributed by atoms with van der Waals surface area (Å²) in [4.78, 5) is 11.6. The molecule has 0 spiro atoms. The van der Waals surface area contributed by atoms with Crippen molar-refractivity contribution in [2.45, 2.75) is 27.7 Å². The number of rotatable bonds is 2. The fourth-order valence-corrected chi connectivity index (χ4v) is 1.69. The van der Waals surface area contributed by atoms with Gasteiger partial charge in [-0.1, -0.05) is 12.6 Å². The first-order valence-corrected chi connectivity index (χ1v) is 4.73. The molecule has 1 aromatic rings. The van der Waals surface area contributed by atoms with Gasteiger partial charge in [0.25, 0.3) is 0 Å². The molecule has 0 atom stereocenters. The molecule has 0 aliphatic carbocycles. The van der Waals surface area contributed by atoms with Crippen molar-refractivity contribution >= 4 is 5.78 Å². The summed E-state index contributed by atoms with van der Waals surface area (Å²) in [6.07, 6.45) is 1.38. The number of carbonyl (C=O) groups is 1. The Kier molecular flexibility index (Phi) is 2.90. The molecule has 1 nitrogen and oxygen atoms in total. The van der Waals surface area contributed by atoms with Gasteiger partial charge in [0.05, 0.1) is 0 Å². The van der Waals surface area contributed by atoms with Crippen molar-refractivity contribution < 1.29 is 4.79 Å². The lowest BCUT2D eigenvalue weighted by molar-refractivity contribution is 0.104. The molecule has 0 aromatic heterocycles. The summed E-state index contributed by atoms with van der Waals surface area (Å²) in [7, 11) is 0. The quantitative estimate of drug-likeness (QED) is 0.514. The molecule has 1 heteroatoms. The lowest BCUT2D eigenvalue weighted by atomic mass is 9.92. The number of benzene rings is 1. The van der Waals surface area contributed by atoms with E-state index >= 15 is 0 Å². The van der Waals surface area contributed by atoms with E-state index < -0.39 is 0 Å². The van der Waals surface area contributed by atoms with Crippen molar-refractivity contribution in [2.24, 2.45) is 0 Å². The Morgan fingerprint density at radius 1 is 1.14 bits per heavy atom. The molecule has 0 saturated carbocycles. The molecule has 0 amide bonds. The molecule has 0 unspecified atom stereocenters. The van der Waals surface area contributed by atoms with E-state index in [1.54, 1.807) is 0 Å². The average Bonchev–Trinajstić information content (AvgIpc) is 2.15. The average molecular weight is 188 g/mol. The van der Waals surface area contributed by atoms with Gasteiger partial charge in [-0.2, -0.15) is 0 Å². The molecular formula is C13H16O. The van der Waals surface area contributed by atoms with Crippen LogP contribution in [0, 0.1) is 27.7 Å². The molecule has 0 aliphatic rings. The summed E-state index contributed by atoms with van der Waals surface area (Å²) in [5.74, 6) is 0.0202. The third kappa shape index (κ3) is 1.63. The van der Waals surface area contributed by atoms with Gasteiger partial charge < -0.3 is 0 Å². The first-order valence-electron chi connectivity index (χ1n) is 4.73. The minimum Gasteiger partial charge on any atom is -0.289 e. The number of hydrogen-bond donors (Lipinski definition) is 0. The lowest BCUT2D eigenvalue weighted by Crippen LogP contribution is -2.04. The molecule has 0 aliphatic heterocycles. The van der Waals surface area contributed by atoms with Crippen molar-refractivity contribution in [1.82, 2.24) is 0 Å². The number of aryl methyl sites for hydroxylation is 2. The molecule has 14 heavy (non-hydrogen) atoms. The highest BCUT2D eigenvalue weighted by Gasteiger charge is 2.12. The van der Waals surface area contributed by atoms with E-state index in [4.69, 9.17) is 0 Å². The Morgan fingerprint density at radius 3 is 1.93 bits per heavy atom. The van der Waals surface area contributed by atoms with Gasteiger partial charge in [-0.05, 0) is 56.0 Å². The third-order valence-corrected chi connectivity index (χ3v) is 2.80. The zero-order chi connectivity index (χ0) is 10.9. The Hall–Kier alpha value is -1.37. The maximum absolute atomic E-state index is 11.6. The highest BCUT2D eigenvalue weighted by atomic mass is 16.1. The summed E-state index contributed by atoms with van der Waals surface area (Å²) >= 11 is 0. The van der Waals surface area contributed by atoms with Crippen molar-refractivity contribution in [2.75, 3.05) is 0 Å². The fourth-order valence-electron chi connectivity index (χ4n) is 1.69. The fraction of sp³-hybridized carbons (Fsp3) is 0.308. The first kappa shape index (κ1) is 10.7. The van der Waals surface area contributed by atoms with Gasteiger partial charge in [-0.3, -0.25) is 4.79 Å². The molecule has 74 valence electrons. The van der Waals surface area contributed by atoms with E-state index in [-0.39, 0.29) is 5.78 Å². The van der Waals surface area contributed by atoms with Crippen LogP contribution in [0.1, 0.15) is 32.6 Å². The molecule has 0 saturated heterocycles. The number of ketones is 1. The number of carbonyl (C=O) groups excluding carboxylic acids is 1. The highest BCUT2D eigenvalue weighted by molar-refractivity contribution is 6.06. The van der Waals surface area contributed by atoms with Gasteiger partial charge in [0.2, 0.25) is 0 Å². The molecule has 1 rings (SSSR count). The second-order valence-electron chi connectivity index (χ2n) is 3.70. The van der Waals surface area contributed by atoms with Gasteiger partial charge in [0, 0.05) is 5.56 Å². The van der Waals surface area contributed by atoms with E-state index in [0.717, 1.165) is 16.7 Å². The van der Waals surface area contributed by atoms with Crippen molar-refractivity contribution in [3.8, 4) is 0 Å². The van der Waals surface area contributed by atoms with Gasteiger partial charge >= 0.3 is 0 Å². The molecule has 0 N–H and O–H groups in total. The summed E-state index contributed by atoms with van der Waals surface area (Å²) in [5, 5.41) is 0. The van der Waals surface area contributed by atoms with E-state index in [1.165, 1.54) is 17.2 Å². The first-order chi connectivity index (χ1) is 6.49. The summed E-state index contributed by atoms with van der Waals surface area (Å²) in [5.41, 5.74) is 5.28. The van der Waals surface area contributed by atoms with Crippen LogP contribution in [0.2, 0.25) is 0 Å². The predicted octanol–water partition coefficient (Wildman–Crippen LogP) is 3.29. The molecule has 0 radical (unpaired) electrons. The van der Waals surface area contributed by atoms with Gasteiger partial charge in [-0.25, -0.2) is 0 Å².